The molecule has 0 unspecified atom stereocenters. The van der Waals surface area contributed by atoms with E-state index in [9.17, 15) is 9.59 Å². The first kappa shape index (κ1) is 9.45. The van der Waals surface area contributed by atoms with E-state index in [-0.39, 0.29) is 5.78 Å². The maximum Gasteiger partial charge on any atom is 0.423 e. The van der Waals surface area contributed by atoms with Crippen molar-refractivity contribution in [3.05, 3.63) is 52.8 Å². The smallest absolute Gasteiger partial charge is 0.416 e. The maximum atomic E-state index is 11.2. The van der Waals surface area contributed by atoms with Gasteiger partial charge in [-0.3, -0.25) is 4.79 Å². The molecule has 0 amide bonds. The third kappa shape index (κ3) is 1.74. The number of ketones is 1. The highest BCUT2D eigenvalue weighted by atomic mass is 16.4. The monoisotopic (exact) mass is 203 g/mol. The van der Waals surface area contributed by atoms with Gasteiger partial charge in [-0.05, 0) is 31.2 Å². The number of carbonyl (C=O) groups excluding carboxylic acids is 1. The molecule has 76 valence electrons. The van der Waals surface area contributed by atoms with Crippen LogP contribution in [0.4, 0.5) is 0 Å². The Kier molecular flexibility index (Phi) is 2.25. The molecule has 0 atom stereocenters. The lowest BCUT2D eigenvalue weighted by molar-refractivity contribution is 0.101. The molecule has 4 heteroatoms. The summed E-state index contributed by atoms with van der Waals surface area (Å²) in [5, 5.41) is 0. The summed E-state index contributed by atoms with van der Waals surface area (Å²) < 4.78 is 6.00. The Morgan fingerprint density at radius 2 is 1.93 bits per heavy atom. The highest BCUT2D eigenvalue weighted by Gasteiger charge is 2.02. The van der Waals surface area contributed by atoms with Crippen molar-refractivity contribution in [2.45, 2.75) is 6.92 Å². The molecule has 0 aliphatic carbocycles. The third-order valence-electron chi connectivity index (χ3n) is 2.13. The minimum Gasteiger partial charge on any atom is -0.416 e. The summed E-state index contributed by atoms with van der Waals surface area (Å²) in [6.45, 7) is 1.50. The molecular formula is C11H9NO3. The van der Waals surface area contributed by atoms with Gasteiger partial charge in [-0.25, -0.2) is 9.36 Å². The van der Waals surface area contributed by atoms with Crippen LogP contribution in [0.5, 0.6) is 0 Å². The first-order valence-electron chi connectivity index (χ1n) is 4.46. The fourth-order valence-corrected chi connectivity index (χ4v) is 1.32. The van der Waals surface area contributed by atoms with Crippen LogP contribution in [-0.2, 0) is 0 Å². The van der Waals surface area contributed by atoms with Gasteiger partial charge in [-0.15, -0.1) is 0 Å². The molecule has 0 spiro atoms. The Bertz CT molecular complexity index is 533. The summed E-state index contributed by atoms with van der Waals surface area (Å²) in [7, 11) is 0. The predicted octanol–water partition coefficient (Wildman–Crippen LogP) is 1.63. The second-order valence-electron chi connectivity index (χ2n) is 3.14. The second kappa shape index (κ2) is 3.57. The van der Waals surface area contributed by atoms with Crippen molar-refractivity contribution < 1.29 is 9.21 Å². The van der Waals surface area contributed by atoms with Gasteiger partial charge >= 0.3 is 5.76 Å². The fourth-order valence-electron chi connectivity index (χ4n) is 1.32. The Balaban J connectivity index is 2.44. The maximum absolute atomic E-state index is 11.2. The van der Waals surface area contributed by atoms with E-state index in [1.54, 1.807) is 24.3 Å². The lowest BCUT2D eigenvalue weighted by Gasteiger charge is -2.00. The molecule has 2 rings (SSSR count). The number of hydrogen-bond acceptors (Lipinski definition) is 3. The summed E-state index contributed by atoms with van der Waals surface area (Å²) in [6.07, 6.45) is 2.85. The van der Waals surface area contributed by atoms with Crippen LogP contribution in [0.25, 0.3) is 5.69 Å². The number of rotatable bonds is 2. The number of oxazole rings is 1. The lowest BCUT2D eigenvalue weighted by Crippen LogP contribution is -2.10. The van der Waals surface area contributed by atoms with Crippen LogP contribution in [0.15, 0.2) is 45.9 Å². The number of benzene rings is 1. The van der Waals surface area contributed by atoms with Crippen molar-refractivity contribution in [2.75, 3.05) is 0 Å². The van der Waals surface area contributed by atoms with E-state index in [0.29, 0.717) is 11.3 Å². The van der Waals surface area contributed by atoms with Gasteiger partial charge in [-0.1, -0.05) is 0 Å². The van der Waals surface area contributed by atoms with E-state index >= 15 is 0 Å². The standard InChI is InChI=1S/C11H9NO3/c1-8(13)9-2-4-10(5-3-9)12-6-7-15-11(12)14/h2-7H,1H3. The molecule has 0 aliphatic heterocycles. The molecule has 0 fully saturated rings. The van der Waals surface area contributed by atoms with Crippen LogP contribution in [0, 0.1) is 0 Å². The van der Waals surface area contributed by atoms with Gasteiger partial charge in [0.15, 0.2) is 5.78 Å². The van der Waals surface area contributed by atoms with E-state index in [4.69, 9.17) is 0 Å². The van der Waals surface area contributed by atoms with Crippen molar-refractivity contribution in [2.24, 2.45) is 0 Å². The summed E-state index contributed by atoms with van der Waals surface area (Å²) in [5.74, 6) is -0.438. The minimum absolute atomic E-state index is 0.00101. The summed E-state index contributed by atoms with van der Waals surface area (Å²) in [4.78, 5) is 22.2. The number of nitrogens with zero attached hydrogens (tertiary/aromatic N) is 1. The molecule has 1 aromatic heterocycles. The zero-order valence-corrected chi connectivity index (χ0v) is 8.14. The molecule has 4 nitrogen and oxygen atoms in total. The Morgan fingerprint density at radius 3 is 2.40 bits per heavy atom. The van der Waals surface area contributed by atoms with Gasteiger partial charge in [0, 0.05) is 5.56 Å². The molecule has 0 saturated heterocycles. The molecule has 15 heavy (non-hydrogen) atoms. The molecule has 0 radical (unpaired) electrons. The van der Waals surface area contributed by atoms with Gasteiger partial charge in [0.05, 0.1) is 11.9 Å². The predicted molar refractivity (Wildman–Crippen MR) is 54.3 cm³/mol. The van der Waals surface area contributed by atoms with E-state index in [2.05, 4.69) is 4.42 Å². The highest BCUT2D eigenvalue weighted by molar-refractivity contribution is 5.94. The van der Waals surface area contributed by atoms with Gasteiger partial charge in [0.1, 0.15) is 6.26 Å². The van der Waals surface area contributed by atoms with E-state index in [1.165, 1.54) is 24.0 Å². The first-order chi connectivity index (χ1) is 7.18. The van der Waals surface area contributed by atoms with Crippen LogP contribution in [0.3, 0.4) is 0 Å². The summed E-state index contributed by atoms with van der Waals surface area (Å²) in [5.41, 5.74) is 1.30. The molecule has 0 aliphatic rings. The van der Waals surface area contributed by atoms with E-state index in [0.717, 1.165) is 0 Å². The van der Waals surface area contributed by atoms with Crippen LogP contribution in [-0.4, -0.2) is 10.4 Å². The van der Waals surface area contributed by atoms with Gasteiger partial charge in [-0.2, -0.15) is 0 Å². The van der Waals surface area contributed by atoms with E-state index < -0.39 is 5.76 Å². The van der Waals surface area contributed by atoms with Crippen LogP contribution >= 0.6 is 0 Å². The number of hydrogen-bond donors (Lipinski definition) is 0. The van der Waals surface area contributed by atoms with Crippen molar-refractivity contribution in [3.8, 4) is 5.69 Å². The SMILES string of the molecule is CC(=O)c1ccc(-n2ccoc2=O)cc1. The fraction of sp³-hybridized carbons (Fsp3) is 0.0909. The van der Waals surface area contributed by atoms with Gasteiger partial charge < -0.3 is 4.42 Å². The van der Waals surface area contributed by atoms with Gasteiger partial charge in [0.2, 0.25) is 0 Å². The number of aromatic nitrogens is 1. The normalized spacial score (nSPS) is 10.2. The Hall–Kier alpha value is -2.10. The second-order valence-corrected chi connectivity index (χ2v) is 3.14. The highest BCUT2D eigenvalue weighted by Crippen LogP contribution is 2.08. The molecule has 0 N–H and O–H groups in total. The molecule has 2 aromatic rings. The van der Waals surface area contributed by atoms with Crippen LogP contribution in [0.2, 0.25) is 0 Å². The number of Topliss-reactive ketones (excluding diaryl/α,β-unsaturated/α-hetero) is 1. The average Bonchev–Trinajstić information content (AvgIpc) is 2.65. The van der Waals surface area contributed by atoms with Gasteiger partial charge in [0.25, 0.3) is 0 Å². The Labute approximate surface area is 85.8 Å². The van der Waals surface area contributed by atoms with Crippen LogP contribution in [0.1, 0.15) is 17.3 Å². The first-order valence-corrected chi connectivity index (χ1v) is 4.46. The third-order valence-corrected chi connectivity index (χ3v) is 2.13. The summed E-state index contributed by atoms with van der Waals surface area (Å²) in [6, 6.07) is 6.76. The minimum atomic E-state index is -0.439. The molecule has 0 saturated carbocycles. The molecule has 0 bridgehead atoms. The van der Waals surface area contributed by atoms with E-state index in [1.807, 2.05) is 0 Å². The van der Waals surface area contributed by atoms with Crippen molar-refractivity contribution >= 4 is 5.78 Å². The largest absolute Gasteiger partial charge is 0.423 e. The zero-order chi connectivity index (χ0) is 10.8. The molecular weight excluding hydrogens is 194 g/mol. The molecule has 1 aromatic carbocycles. The van der Waals surface area contributed by atoms with Crippen molar-refractivity contribution in [1.29, 1.82) is 0 Å². The lowest BCUT2D eigenvalue weighted by atomic mass is 10.1. The Morgan fingerprint density at radius 1 is 1.27 bits per heavy atom. The van der Waals surface area contributed by atoms with Crippen LogP contribution < -0.4 is 5.76 Å². The zero-order valence-electron chi connectivity index (χ0n) is 8.14. The van der Waals surface area contributed by atoms with Crippen molar-refractivity contribution in [3.63, 3.8) is 0 Å². The average molecular weight is 203 g/mol. The molecule has 1 heterocycles. The van der Waals surface area contributed by atoms with Crippen molar-refractivity contribution in [1.82, 2.24) is 4.57 Å². The summed E-state index contributed by atoms with van der Waals surface area (Å²) >= 11 is 0. The number of carbonyl (C=O) groups is 1. The topological polar surface area (TPSA) is 52.2 Å². The quantitative estimate of drug-likeness (QED) is 0.697.